The van der Waals surface area contributed by atoms with Crippen LogP contribution in [0.2, 0.25) is 0 Å². The topological polar surface area (TPSA) is 20.7 Å². The Hall–Kier alpha value is -0.610. The van der Waals surface area contributed by atoms with Gasteiger partial charge in [0.25, 0.3) is 0 Å². The van der Waals surface area contributed by atoms with Gasteiger partial charge in [0.05, 0.1) is 11.0 Å². The summed E-state index contributed by atoms with van der Waals surface area (Å²) < 4.78 is 4.30. The minimum Gasteiger partial charge on any atom is -0.331 e. The van der Waals surface area contributed by atoms with E-state index in [2.05, 4.69) is 57.5 Å². The third kappa shape index (κ3) is 2.29. The van der Waals surface area contributed by atoms with E-state index in [0.29, 0.717) is 11.5 Å². The minimum atomic E-state index is 0.313. The van der Waals surface area contributed by atoms with Gasteiger partial charge >= 0.3 is 0 Å². The molecule has 2 nitrogen and oxygen atoms in total. The Bertz CT molecular complexity index is 668. The largest absolute Gasteiger partial charge is 0.331 e. The smallest absolute Gasteiger partial charge is 0.178 e. The number of halogens is 1. The number of nitrogens with one attached hydrogen (secondary N) is 1. The van der Waals surface area contributed by atoms with Crippen molar-refractivity contribution in [1.29, 1.82) is 0 Å². The van der Waals surface area contributed by atoms with Crippen LogP contribution in [0.25, 0.3) is 11.0 Å². The van der Waals surface area contributed by atoms with Gasteiger partial charge in [-0.2, -0.15) is 0 Å². The van der Waals surface area contributed by atoms with Gasteiger partial charge < -0.3 is 9.55 Å². The second-order valence-corrected chi connectivity index (χ2v) is 7.51. The van der Waals surface area contributed by atoms with E-state index in [1.54, 1.807) is 0 Å². The molecule has 0 aliphatic heterocycles. The number of hydrogen-bond donors (Lipinski definition) is 1. The zero-order chi connectivity index (χ0) is 13.6. The summed E-state index contributed by atoms with van der Waals surface area (Å²) in [5.74, 6) is 0. The summed E-state index contributed by atoms with van der Waals surface area (Å²) in [5, 5.41) is 0. The van der Waals surface area contributed by atoms with Crippen LogP contribution in [-0.2, 0) is 0 Å². The van der Waals surface area contributed by atoms with E-state index in [-0.39, 0.29) is 0 Å². The summed E-state index contributed by atoms with van der Waals surface area (Å²) in [4.78, 5) is 3.35. The van der Waals surface area contributed by atoms with Gasteiger partial charge in [-0.25, -0.2) is 0 Å². The quantitative estimate of drug-likeness (QED) is 0.671. The molecule has 4 heteroatoms. The van der Waals surface area contributed by atoms with Crippen LogP contribution in [0.4, 0.5) is 0 Å². The Labute approximate surface area is 127 Å². The van der Waals surface area contributed by atoms with Crippen molar-refractivity contribution in [2.45, 2.75) is 45.6 Å². The summed E-state index contributed by atoms with van der Waals surface area (Å²) in [6, 6.07) is 6.83. The van der Waals surface area contributed by atoms with E-state index >= 15 is 0 Å². The minimum absolute atomic E-state index is 0.313. The van der Waals surface area contributed by atoms with Crippen molar-refractivity contribution in [3.63, 3.8) is 0 Å². The summed E-state index contributed by atoms with van der Waals surface area (Å²) in [5.41, 5.74) is 2.67. The Kier molecular flexibility index (Phi) is 3.34. The average Bonchev–Trinajstić information content (AvgIpc) is 2.65. The number of aromatic nitrogens is 2. The van der Waals surface area contributed by atoms with Gasteiger partial charge in [0.15, 0.2) is 4.77 Å². The third-order valence-corrected chi connectivity index (χ3v) is 5.23. The van der Waals surface area contributed by atoms with Gasteiger partial charge in [0.2, 0.25) is 0 Å². The number of benzene rings is 1. The molecule has 3 rings (SSSR count). The number of imidazole rings is 1. The zero-order valence-electron chi connectivity index (χ0n) is 11.4. The van der Waals surface area contributed by atoms with Crippen LogP contribution in [0.15, 0.2) is 22.7 Å². The van der Waals surface area contributed by atoms with Crippen molar-refractivity contribution in [3.8, 4) is 0 Å². The second kappa shape index (κ2) is 4.74. The molecule has 2 aromatic rings. The molecular formula is C15H19BrN2S. The number of rotatable bonds is 1. The summed E-state index contributed by atoms with van der Waals surface area (Å²) in [6.45, 7) is 4.74. The van der Waals surface area contributed by atoms with Crippen LogP contribution in [-0.4, -0.2) is 9.55 Å². The molecule has 1 aliphatic rings. The van der Waals surface area contributed by atoms with E-state index in [1.807, 2.05) is 0 Å². The third-order valence-electron chi connectivity index (χ3n) is 4.44. The lowest BCUT2D eigenvalue weighted by molar-refractivity contribution is 0.146. The molecular weight excluding hydrogens is 320 g/mol. The molecule has 0 saturated heterocycles. The molecule has 102 valence electrons. The van der Waals surface area contributed by atoms with Crippen molar-refractivity contribution in [2.24, 2.45) is 5.41 Å². The molecule has 1 atom stereocenters. The predicted octanol–water partition coefficient (Wildman–Crippen LogP) is 5.60. The summed E-state index contributed by atoms with van der Waals surface area (Å²) in [6.07, 6.45) is 5.14. The molecule has 1 saturated carbocycles. The lowest BCUT2D eigenvalue weighted by atomic mass is 9.73. The highest BCUT2D eigenvalue weighted by atomic mass is 79.9. The Morgan fingerprint density at radius 1 is 1.37 bits per heavy atom. The molecule has 1 aromatic heterocycles. The van der Waals surface area contributed by atoms with Gasteiger partial charge in [-0.15, -0.1) is 0 Å². The van der Waals surface area contributed by atoms with Gasteiger partial charge in [0, 0.05) is 10.5 Å². The number of aromatic amines is 1. The molecule has 1 unspecified atom stereocenters. The molecule has 0 bridgehead atoms. The summed E-state index contributed by atoms with van der Waals surface area (Å²) in [7, 11) is 0. The maximum Gasteiger partial charge on any atom is 0.178 e. The Balaban J connectivity index is 2.21. The van der Waals surface area contributed by atoms with Crippen LogP contribution in [0.5, 0.6) is 0 Å². The predicted molar refractivity (Wildman–Crippen MR) is 86.1 cm³/mol. The maximum absolute atomic E-state index is 5.57. The van der Waals surface area contributed by atoms with Crippen molar-refractivity contribution >= 4 is 39.2 Å². The first-order valence-electron chi connectivity index (χ1n) is 6.89. The number of hydrogen-bond acceptors (Lipinski definition) is 1. The number of fused-ring (bicyclic) bond motifs is 1. The fourth-order valence-electron chi connectivity index (χ4n) is 3.36. The summed E-state index contributed by atoms with van der Waals surface area (Å²) >= 11 is 9.14. The molecule has 19 heavy (non-hydrogen) atoms. The van der Waals surface area contributed by atoms with Crippen molar-refractivity contribution in [3.05, 3.63) is 27.4 Å². The molecule has 1 heterocycles. The molecule has 1 fully saturated rings. The lowest BCUT2D eigenvalue weighted by Gasteiger charge is -2.39. The van der Waals surface area contributed by atoms with E-state index in [1.165, 1.54) is 31.2 Å². The number of nitrogens with zero attached hydrogens (tertiary/aromatic N) is 1. The van der Waals surface area contributed by atoms with Gasteiger partial charge in [0.1, 0.15) is 0 Å². The monoisotopic (exact) mass is 338 g/mol. The molecule has 1 aliphatic carbocycles. The lowest BCUT2D eigenvalue weighted by Crippen LogP contribution is -2.30. The number of H-pyrrole nitrogens is 1. The Morgan fingerprint density at radius 2 is 2.16 bits per heavy atom. The fraction of sp³-hybridized carbons (Fsp3) is 0.533. The second-order valence-electron chi connectivity index (χ2n) is 6.21. The molecule has 1 N–H and O–H groups in total. The highest BCUT2D eigenvalue weighted by Gasteiger charge is 2.34. The van der Waals surface area contributed by atoms with E-state index in [4.69, 9.17) is 12.2 Å². The highest BCUT2D eigenvalue weighted by molar-refractivity contribution is 9.10. The first-order valence-corrected chi connectivity index (χ1v) is 8.09. The SMILES string of the molecule is CC1(C)CCCCC1n1c(=S)[nH]c2ccc(Br)cc21. The van der Waals surface area contributed by atoms with Crippen LogP contribution in [0.1, 0.15) is 45.6 Å². The van der Waals surface area contributed by atoms with Crippen molar-refractivity contribution in [1.82, 2.24) is 9.55 Å². The first kappa shape index (κ1) is 13.4. The van der Waals surface area contributed by atoms with Crippen LogP contribution in [0, 0.1) is 10.2 Å². The molecule has 1 aromatic carbocycles. The average molecular weight is 339 g/mol. The highest BCUT2D eigenvalue weighted by Crippen LogP contribution is 2.45. The van der Waals surface area contributed by atoms with E-state index in [0.717, 1.165) is 14.8 Å². The van der Waals surface area contributed by atoms with Crippen molar-refractivity contribution < 1.29 is 0 Å². The molecule has 0 radical (unpaired) electrons. The maximum atomic E-state index is 5.57. The van der Waals surface area contributed by atoms with Crippen LogP contribution >= 0.6 is 28.1 Å². The fourth-order valence-corrected chi connectivity index (χ4v) is 4.04. The molecule has 0 amide bonds. The van der Waals surface area contributed by atoms with E-state index in [9.17, 15) is 0 Å². The van der Waals surface area contributed by atoms with Crippen LogP contribution < -0.4 is 0 Å². The molecule has 0 spiro atoms. The van der Waals surface area contributed by atoms with Gasteiger partial charge in [-0.1, -0.05) is 42.6 Å². The Morgan fingerprint density at radius 3 is 2.89 bits per heavy atom. The normalized spacial score (nSPS) is 22.8. The standard InChI is InChI=1S/C15H19BrN2S/c1-15(2)8-4-3-5-13(15)18-12-9-10(16)6-7-11(12)17-14(18)19/h6-7,9,13H,3-5,8H2,1-2H3,(H,17,19). The first-order chi connectivity index (χ1) is 8.99. The zero-order valence-corrected chi connectivity index (χ0v) is 13.8. The van der Waals surface area contributed by atoms with Crippen LogP contribution in [0.3, 0.4) is 0 Å². The van der Waals surface area contributed by atoms with Crippen molar-refractivity contribution in [2.75, 3.05) is 0 Å². The van der Waals surface area contributed by atoms with Gasteiger partial charge in [-0.3, -0.25) is 0 Å². The van der Waals surface area contributed by atoms with Gasteiger partial charge in [-0.05, 0) is 48.7 Å². The van der Waals surface area contributed by atoms with E-state index < -0.39 is 0 Å².